The molecule has 0 aromatic carbocycles. The van der Waals surface area contributed by atoms with Crippen LogP contribution in [-0.2, 0) is 17.9 Å². The van der Waals surface area contributed by atoms with Crippen LogP contribution in [0.2, 0.25) is 0 Å². The molecule has 1 radical (unpaired) electrons. The molecule has 2 N–H and O–H groups in total. The highest BCUT2D eigenvalue weighted by atomic mass is 16.1. The van der Waals surface area contributed by atoms with Gasteiger partial charge in [-0.1, -0.05) is 13.8 Å². The van der Waals surface area contributed by atoms with Gasteiger partial charge in [0.15, 0.2) is 0 Å². The summed E-state index contributed by atoms with van der Waals surface area (Å²) in [6.07, 6.45) is 5.86. The third-order valence-corrected chi connectivity index (χ3v) is 3.52. The van der Waals surface area contributed by atoms with Crippen LogP contribution in [0.25, 0.3) is 0 Å². The highest BCUT2D eigenvalue weighted by Gasteiger charge is 1.99. The molecule has 1 heterocycles. The number of aromatic nitrogens is 1. The zero-order valence-corrected chi connectivity index (χ0v) is 13.2. The first-order chi connectivity index (χ1) is 10.3. The Bertz CT molecular complexity index is 394. The van der Waals surface area contributed by atoms with Gasteiger partial charge >= 0.3 is 6.41 Å². The molecule has 117 valence electrons. The Labute approximate surface area is 128 Å². The van der Waals surface area contributed by atoms with Crippen molar-refractivity contribution in [2.75, 3.05) is 26.2 Å². The predicted molar refractivity (Wildman–Crippen MR) is 85.5 cm³/mol. The SMILES string of the molecule is CCN(CC)CCCCNCc1cc(CN[C]=O)ccn1. The molecule has 1 amide bonds. The van der Waals surface area contributed by atoms with Crippen molar-refractivity contribution in [2.45, 2.75) is 39.8 Å². The van der Waals surface area contributed by atoms with E-state index in [1.54, 1.807) is 12.6 Å². The maximum Gasteiger partial charge on any atom is 0.309 e. The van der Waals surface area contributed by atoms with Crippen LogP contribution in [0.3, 0.4) is 0 Å². The summed E-state index contributed by atoms with van der Waals surface area (Å²) in [6.45, 7) is 10.1. The van der Waals surface area contributed by atoms with E-state index in [0.717, 1.165) is 37.4 Å². The summed E-state index contributed by atoms with van der Waals surface area (Å²) in [5, 5.41) is 5.95. The summed E-state index contributed by atoms with van der Waals surface area (Å²) in [5.74, 6) is 0. The molecule has 0 saturated carbocycles. The maximum atomic E-state index is 10.2. The number of unbranched alkanes of at least 4 members (excludes halogenated alkanes) is 1. The zero-order valence-electron chi connectivity index (χ0n) is 13.2. The Kier molecular flexibility index (Phi) is 9.40. The van der Waals surface area contributed by atoms with Crippen molar-refractivity contribution in [3.05, 3.63) is 29.6 Å². The van der Waals surface area contributed by atoms with E-state index in [1.165, 1.54) is 19.4 Å². The van der Waals surface area contributed by atoms with Crippen LogP contribution in [0.1, 0.15) is 37.9 Å². The van der Waals surface area contributed by atoms with Crippen molar-refractivity contribution in [1.82, 2.24) is 20.5 Å². The Morgan fingerprint density at radius 3 is 2.76 bits per heavy atom. The van der Waals surface area contributed by atoms with Crippen molar-refractivity contribution < 1.29 is 4.79 Å². The van der Waals surface area contributed by atoms with E-state index in [2.05, 4.69) is 34.4 Å². The van der Waals surface area contributed by atoms with Crippen LogP contribution in [0.15, 0.2) is 18.3 Å². The van der Waals surface area contributed by atoms with Crippen LogP contribution in [0.5, 0.6) is 0 Å². The smallest absolute Gasteiger partial charge is 0.309 e. The van der Waals surface area contributed by atoms with Crippen LogP contribution in [0, 0.1) is 0 Å². The van der Waals surface area contributed by atoms with Crippen molar-refractivity contribution in [2.24, 2.45) is 0 Å². The van der Waals surface area contributed by atoms with Gasteiger partial charge < -0.3 is 15.5 Å². The summed E-state index contributed by atoms with van der Waals surface area (Å²) < 4.78 is 0. The molecule has 0 aliphatic heterocycles. The lowest BCUT2D eigenvalue weighted by Gasteiger charge is -2.17. The Balaban J connectivity index is 2.16. The standard InChI is InChI=1S/C16H27N4O/c1-3-20(4-2)10-6-5-8-17-13-16-11-15(7-9-19-16)12-18-14-21/h7,9,11,17H,3-6,8,10,12-13H2,1-2H3,(H,18,21). The fourth-order valence-electron chi connectivity index (χ4n) is 2.21. The zero-order chi connectivity index (χ0) is 15.3. The van der Waals surface area contributed by atoms with Crippen LogP contribution in [-0.4, -0.2) is 42.5 Å². The van der Waals surface area contributed by atoms with Crippen molar-refractivity contribution in [1.29, 1.82) is 0 Å². The normalized spacial score (nSPS) is 10.8. The summed E-state index contributed by atoms with van der Waals surface area (Å²) >= 11 is 0. The van der Waals surface area contributed by atoms with Crippen molar-refractivity contribution >= 4 is 6.41 Å². The number of amides is 1. The molecule has 0 bridgehead atoms. The van der Waals surface area contributed by atoms with Gasteiger partial charge in [-0.25, -0.2) is 0 Å². The second-order valence-corrected chi connectivity index (χ2v) is 5.02. The number of nitrogens with one attached hydrogen (secondary N) is 2. The Morgan fingerprint density at radius 1 is 1.24 bits per heavy atom. The first-order valence-electron chi connectivity index (χ1n) is 7.77. The lowest BCUT2D eigenvalue weighted by atomic mass is 10.2. The first kappa shape index (κ1) is 17.6. The van der Waals surface area contributed by atoms with Gasteiger partial charge in [-0.3, -0.25) is 9.78 Å². The van der Waals surface area contributed by atoms with Crippen LogP contribution < -0.4 is 10.6 Å². The summed E-state index contributed by atoms with van der Waals surface area (Å²) in [7, 11) is 0. The lowest BCUT2D eigenvalue weighted by Crippen LogP contribution is -2.25. The van der Waals surface area contributed by atoms with E-state index in [1.807, 2.05) is 12.1 Å². The topological polar surface area (TPSA) is 57.3 Å². The molecule has 0 saturated heterocycles. The monoisotopic (exact) mass is 291 g/mol. The molecule has 1 rings (SSSR count). The molecule has 5 heteroatoms. The molecule has 0 aliphatic carbocycles. The van der Waals surface area contributed by atoms with Gasteiger partial charge in [0, 0.05) is 19.3 Å². The predicted octanol–water partition coefficient (Wildman–Crippen LogP) is 1.45. The summed E-state index contributed by atoms with van der Waals surface area (Å²) in [6, 6.07) is 3.91. The number of rotatable bonds is 12. The fraction of sp³-hybridized carbons (Fsp3) is 0.625. The molecule has 0 spiro atoms. The van der Waals surface area contributed by atoms with Gasteiger partial charge in [0.1, 0.15) is 0 Å². The second-order valence-electron chi connectivity index (χ2n) is 5.02. The third-order valence-electron chi connectivity index (χ3n) is 3.52. The van der Waals surface area contributed by atoms with E-state index >= 15 is 0 Å². The summed E-state index contributed by atoms with van der Waals surface area (Å²) in [5.41, 5.74) is 2.05. The number of pyridine rings is 1. The van der Waals surface area contributed by atoms with E-state index < -0.39 is 0 Å². The van der Waals surface area contributed by atoms with Crippen molar-refractivity contribution in [3.8, 4) is 0 Å². The van der Waals surface area contributed by atoms with E-state index in [9.17, 15) is 4.79 Å². The Hall–Kier alpha value is -1.46. The number of carbonyl (C=O) groups excluding carboxylic acids is 1. The van der Waals surface area contributed by atoms with Crippen LogP contribution in [0.4, 0.5) is 0 Å². The minimum atomic E-state index is 0.503. The molecule has 5 nitrogen and oxygen atoms in total. The van der Waals surface area contributed by atoms with Gasteiger partial charge in [-0.05, 0) is 56.7 Å². The average molecular weight is 291 g/mol. The number of hydrogen-bond donors (Lipinski definition) is 2. The quantitative estimate of drug-likeness (QED) is 0.452. The molecule has 21 heavy (non-hydrogen) atoms. The van der Waals surface area contributed by atoms with Gasteiger partial charge in [0.25, 0.3) is 0 Å². The minimum Gasteiger partial charge on any atom is -0.344 e. The molecular weight excluding hydrogens is 264 g/mol. The van der Waals surface area contributed by atoms with Gasteiger partial charge in [0.2, 0.25) is 0 Å². The minimum absolute atomic E-state index is 0.503. The fourth-order valence-corrected chi connectivity index (χ4v) is 2.21. The largest absolute Gasteiger partial charge is 0.344 e. The molecule has 0 unspecified atom stereocenters. The number of hydrogen-bond acceptors (Lipinski definition) is 4. The highest BCUT2D eigenvalue weighted by Crippen LogP contribution is 2.01. The lowest BCUT2D eigenvalue weighted by molar-refractivity contribution is 0.296. The van der Waals surface area contributed by atoms with E-state index in [4.69, 9.17) is 0 Å². The van der Waals surface area contributed by atoms with Crippen molar-refractivity contribution in [3.63, 3.8) is 0 Å². The average Bonchev–Trinajstić information content (AvgIpc) is 2.53. The Morgan fingerprint density at radius 2 is 2.05 bits per heavy atom. The van der Waals surface area contributed by atoms with E-state index in [-0.39, 0.29) is 0 Å². The molecule has 0 fully saturated rings. The first-order valence-corrected chi connectivity index (χ1v) is 7.77. The highest BCUT2D eigenvalue weighted by molar-refractivity contribution is 5.47. The third kappa shape index (κ3) is 7.78. The summed E-state index contributed by atoms with van der Waals surface area (Å²) in [4.78, 5) is 16.9. The van der Waals surface area contributed by atoms with Gasteiger partial charge in [-0.2, -0.15) is 0 Å². The molecular formula is C16H27N4O. The molecule has 1 aromatic heterocycles. The molecule has 0 aliphatic rings. The van der Waals surface area contributed by atoms with E-state index in [0.29, 0.717) is 6.54 Å². The van der Waals surface area contributed by atoms with Crippen LogP contribution >= 0.6 is 0 Å². The maximum absolute atomic E-state index is 10.2. The van der Waals surface area contributed by atoms with Gasteiger partial charge in [0.05, 0.1) is 5.69 Å². The number of nitrogens with zero attached hydrogens (tertiary/aromatic N) is 2. The van der Waals surface area contributed by atoms with Gasteiger partial charge in [-0.15, -0.1) is 0 Å². The second kappa shape index (κ2) is 11.2. The molecule has 0 atom stereocenters. The molecule has 1 aromatic rings.